The van der Waals surface area contributed by atoms with E-state index in [1.165, 1.54) is 11.8 Å². The van der Waals surface area contributed by atoms with Crippen LogP contribution >= 0.6 is 35.3 Å². The predicted octanol–water partition coefficient (Wildman–Crippen LogP) is 3.67. The molecular formula is C14H11ClN4OS2. The summed E-state index contributed by atoms with van der Waals surface area (Å²) < 4.78 is 4.26. The molecule has 1 amide bonds. The third-order valence-electron chi connectivity index (χ3n) is 2.97. The van der Waals surface area contributed by atoms with Crippen LogP contribution in [0.5, 0.6) is 0 Å². The van der Waals surface area contributed by atoms with Crippen molar-refractivity contribution < 1.29 is 4.79 Å². The SMILES string of the molecule is CCSC1=NSC2=NC(=O)/C(=C\c3ccccc3Cl)C(=N)N12. The van der Waals surface area contributed by atoms with Crippen molar-refractivity contribution in [2.75, 3.05) is 5.75 Å². The van der Waals surface area contributed by atoms with E-state index in [1.54, 1.807) is 23.1 Å². The van der Waals surface area contributed by atoms with Gasteiger partial charge in [-0.25, -0.2) is 4.90 Å². The zero-order valence-electron chi connectivity index (χ0n) is 11.5. The van der Waals surface area contributed by atoms with Gasteiger partial charge >= 0.3 is 0 Å². The van der Waals surface area contributed by atoms with Gasteiger partial charge in [-0.15, -0.1) is 0 Å². The molecule has 0 aromatic heterocycles. The Balaban J connectivity index is 2.01. The molecule has 22 heavy (non-hydrogen) atoms. The summed E-state index contributed by atoms with van der Waals surface area (Å²) in [5.74, 6) is 0.467. The molecule has 2 aliphatic rings. The number of aliphatic imine (C=N–C) groups is 1. The van der Waals surface area contributed by atoms with Crippen molar-refractivity contribution in [1.29, 1.82) is 5.41 Å². The normalized spacial score (nSPS) is 19.4. The van der Waals surface area contributed by atoms with Gasteiger partial charge in [0.05, 0.1) is 17.5 Å². The molecule has 0 saturated heterocycles. The molecule has 0 fully saturated rings. The third kappa shape index (κ3) is 2.71. The van der Waals surface area contributed by atoms with Crippen LogP contribution in [-0.2, 0) is 4.79 Å². The summed E-state index contributed by atoms with van der Waals surface area (Å²) in [5, 5.41) is 9.97. The predicted molar refractivity (Wildman–Crippen MR) is 94.6 cm³/mol. The first-order valence-corrected chi connectivity index (χ1v) is 8.61. The number of hydrogen-bond donors (Lipinski definition) is 1. The van der Waals surface area contributed by atoms with Crippen LogP contribution in [-0.4, -0.2) is 32.7 Å². The number of fused-ring (bicyclic) bond motifs is 1. The van der Waals surface area contributed by atoms with E-state index < -0.39 is 5.91 Å². The molecule has 0 atom stereocenters. The van der Waals surface area contributed by atoms with Crippen LogP contribution in [0.4, 0.5) is 0 Å². The number of amides is 1. The highest BCUT2D eigenvalue weighted by Crippen LogP contribution is 2.32. The molecule has 0 bridgehead atoms. The van der Waals surface area contributed by atoms with Gasteiger partial charge in [-0.05, 0) is 23.5 Å². The van der Waals surface area contributed by atoms with Gasteiger partial charge < -0.3 is 0 Å². The largest absolute Gasteiger partial charge is 0.283 e. The highest BCUT2D eigenvalue weighted by atomic mass is 35.5. The number of halogens is 1. The Bertz CT molecular complexity index is 757. The fourth-order valence-electron chi connectivity index (χ4n) is 1.97. The maximum atomic E-state index is 12.2. The first kappa shape index (κ1) is 15.3. The van der Waals surface area contributed by atoms with Crippen LogP contribution in [0.15, 0.2) is 39.2 Å². The first-order valence-electron chi connectivity index (χ1n) is 6.48. The minimum absolute atomic E-state index is 0.0830. The van der Waals surface area contributed by atoms with Crippen LogP contribution in [0.1, 0.15) is 12.5 Å². The molecule has 0 aliphatic carbocycles. The smallest absolute Gasteiger partial charge is 0.283 e. The Morgan fingerprint density at radius 2 is 2.23 bits per heavy atom. The minimum Gasteiger partial charge on any atom is -0.283 e. The monoisotopic (exact) mass is 350 g/mol. The number of rotatable bonds is 2. The molecule has 1 aromatic rings. The summed E-state index contributed by atoms with van der Waals surface area (Å²) >= 11 is 8.75. The van der Waals surface area contributed by atoms with E-state index in [0.717, 1.165) is 17.7 Å². The van der Waals surface area contributed by atoms with Crippen LogP contribution < -0.4 is 0 Å². The van der Waals surface area contributed by atoms with Gasteiger partial charge in [0, 0.05) is 5.02 Å². The lowest BCUT2D eigenvalue weighted by Gasteiger charge is -2.24. The van der Waals surface area contributed by atoms with E-state index in [-0.39, 0.29) is 11.4 Å². The molecule has 8 heteroatoms. The molecule has 1 aromatic carbocycles. The first-order chi connectivity index (χ1) is 10.6. The Morgan fingerprint density at radius 1 is 1.45 bits per heavy atom. The Kier molecular flexibility index (Phi) is 4.37. The molecular weight excluding hydrogens is 340 g/mol. The van der Waals surface area contributed by atoms with Gasteiger partial charge in [0.2, 0.25) is 5.17 Å². The van der Waals surface area contributed by atoms with Crippen molar-refractivity contribution in [1.82, 2.24) is 4.90 Å². The lowest BCUT2D eigenvalue weighted by atomic mass is 10.1. The van der Waals surface area contributed by atoms with Gasteiger partial charge in [-0.3, -0.25) is 10.2 Å². The second kappa shape index (κ2) is 6.28. The van der Waals surface area contributed by atoms with E-state index in [2.05, 4.69) is 9.39 Å². The van der Waals surface area contributed by atoms with Crippen molar-refractivity contribution in [3.05, 3.63) is 40.4 Å². The fourth-order valence-corrected chi connectivity index (χ4v) is 3.73. The molecule has 112 valence electrons. The number of amidine groups is 3. The summed E-state index contributed by atoms with van der Waals surface area (Å²) in [7, 11) is 0. The number of carbonyl (C=O) groups is 1. The van der Waals surface area contributed by atoms with E-state index in [9.17, 15) is 4.79 Å². The quantitative estimate of drug-likeness (QED) is 0.652. The van der Waals surface area contributed by atoms with Crippen molar-refractivity contribution in [2.45, 2.75) is 6.92 Å². The van der Waals surface area contributed by atoms with Crippen molar-refractivity contribution in [3.8, 4) is 0 Å². The average Bonchev–Trinajstić information content (AvgIpc) is 2.88. The van der Waals surface area contributed by atoms with Crippen LogP contribution in [0.25, 0.3) is 6.08 Å². The number of benzene rings is 1. The second-order valence-corrected chi connectivity index (χ2v) is 6.73. The number of nitrogens with zero attached hydrogens (tertiary/aromatic N) is 3. The van der Waals surface area contributed by atoms with E-state index in [4.69, 9.17) is 17.0 Å². The Morgan fingerprint density at radius 3 is 2.95 bits per heavy atom. The standard InChI is InChI=1S/C14H11ClN4OS2/c1-2-21-14-18-22-13-17-12(20)9(11(16)19(13)14)7-8-5-3-4-6-10(8)15/h3-7,16H,2H2,1H3/b9-7-,16-11?. The second-order valence-electron chi connectivity index (χ2n) is 4.36. The maximum absolute atomic E-state index is 12.2. The number of carbonyl (C=O) groups excluding carboxylic acids is 1. The minimum atomic E-state index is -0.443. The van der Waals surface area contributed by atoms with Crippen LogP contribution in [0, 0.1) is 5.41 Å². The Labute approximate surface area is 141 Å². The van der Waals surface area contributed by atoms with E-state index >= 15 is 0 Å². The van der Waals surface area contributed by atoms with Crippen LogP contribution in [0.3, 0.4) is 0 Å². The average molecular weight is 351 g/mol. The molecule has 0 spiro atoms. The molecule has 5 nitrogen and oxygen atoms in total. The zero-order valence-corrected chi connectivity index (χ0v) is 13.9. The molecule has 2 aliphatic heterocycles. The van der Waals surface area contributed by atoms with E-state index in [0.29, 0.717) is 20.9 Å². The zero-order chi connectivity index (χ0) is 15.7. The van der Waals surface area contributed by atoms with Crippen molar-refractivity contribution >= 4 is 63.5 Å². The summed E-state index contributed by atoms with van der Waals surface area (Å²) in [6, 6.07) is 7.18. The molecule has 3 rings (SSSR count). The summed E-state index contributed by atoms with van der Waals surface area (Å²) in [5.41, 5.74) is 0.896. The molecule has 1 N–H and O–H groups in total. The van der Waals surface area contributed by atoms with Crippen molar-refractivity contribution in [2.24, 2.45) is 9.39 Å². The summed E-state index contributed by atoms with van der Waals surface area (Å²) in [4.78, 5) is 17.8. The molecule has 0 unspecified atom stereocenters. The highest BCUT2D eigenvalue weighted by Gasteiger charge is 2.37. The topological polar surface area (TPSA) is 68.9 Å². The van der Waals surface area contributed by atoms with Gasteiger partial charge in [0.1, 0.15) is 5.84 Å². The maximum Gasteiger partial charge on any atom is 0.283 e. The number of thioether (sulfide) groups is 1. The van der Waals surface area contributed by atoms with Gasteiger partial charge in [-0.2, -0.15) is 9.39 Å². The Hall–Kier alpha value is -1.57. The highest BCUT2D eigenvalue weighted by molar-refractivity contribution is 8.19. The lowest BCUT2D eigenvalue weighted by molar-refractivity contribution is -0.114. The molecule has 0 saturated carbocycles. The van der Waals surface area contributed by atoms with Gasteiger partial charge in [0.25, 0.3) is 5.91 Å². The molecule has 0 radical (unpaired) electrons. The molecule has 2 heterocycles. The van der Waals surface area contributed by atoms with Crippen LogP contribution in [0.2, 0.25) is 5.02 Å². The van der Waals surface area contributed by atoms with Gasteiger partial charge in [0.15, 0.2) is 5.17 Å². The summed E-state index contributed by atoms with van der Waals surface area (Å²) in [6.07, 6.45) is 1.60. The third-order valence-corrected chi connectivity index (χ3v) is 4.95. The van der Waals surface area contributed by atoms with Gasteiger partial charge in [-0.1, -0.05) is 48.5 Å². The lowest BCUT2D eigenvalue weighted by Crippen LogP contribution is -2.41. The number of nitrogens with one attached hydrogen (secondary N) is 1. The summed E-state index contributed by atoms with van der Waals surface area (Å²) in [6.45, 7) is 2.01. The van der Waals surface area contributed by atoms with E-state index in [1.807, 2.05) is 19.1 Å². The van der Waals surface area contributed by atoms with Crippen molar-refractivity contribution in [3.63, 3.8) is 0 Å². The number of hydrogen-bond acceptors (Lipinski definition) is 5. The fraction of sp³-hybridized carbons (Fsp3) is 0.143.